The third kappa shape index (κ3) is 3.30. The Labute approximate surface area is 132 Å². The van der Waals surface area contributed by atoms with Crippen LogP contribution in [0.1, 0.15) is 36.5 Å². The smallest absolute Gasteiger partial charge is 0.0487 e. The molecule has 3 rings (SSSR count). The lowest BCUT2D eigenvalue weighted by Gasteiger charge is -2.17. The van der Waals surface area contributed by atoms with Crippen molar-refractivity contribution >= 4 is 11.6 Å². The highest BCUT2D eigenvalue weighted by Gasteiger charge is 2.11. The summed E-state index contributed by atoms with van der Waals surface area (Å²) in [6.45, 7) is 3.97. The van der Waals surface area contributed by atoms with E-state index in [1.165, 1.54) is 47.9 Å². The quantitative estimate of drug-likeness (QED) is 0.838. The molecule has 0 aromatic heterocycles. The molecular weight excluding hydrogens is 278 g/mol. The highest BCUT2D eigenvalue weighted by atomic mass is 35.5. The first-order chi connectivity index (χ1) is 10.3. The fourth-order valence-corrected chi connectivity index (χ4v) is 3.39. The molecule has 0 atom stereocenters. The van der Waals surface area contributed by atoms with Gasteiger partial charge < -0.3 is 5.32 Å². The zero-order valence-electron chi connectivity index (χ0n) is 12.6. The standard InChI is InChI=1S/C19H22ClN/c1-2-21-13-14-7-10-18(19(20)11-14)17-9-8-15-5-3-4-6-16(15)12-17/h7-12,21H,2-6,13H2,1H3. The Morgan fingerprint density at radius 3 is 2.57 bits per heavy atom. The van der Waals surface area contributed by atoms with Crippen LogP contribution in [0.2, 0.25) is 5.02 Å². The number of halogens is 1. The van der Waals surface area contributed by atoms with E-state index >= 15 is 0 Å². The molecule has 0 bridgehead atoms. The highest BCUT2D eigenvalue weighted by molar-refractivity contribution is 6.33. The minimum absolute atomic E-state index is 0.848. The maximum Gasteiger partial charge on any atom is 0.0487 e. The van der Waals surface area contributed by atoms with Crippen LogP contribution in [-0.2, 0) is 19.4 Å². The molecule has 0 unspecified atom stereocenters. The maximum atomic E-state index is 6.50. The zero-order valence-corrected chi connectivity index (χ0v) is 13.3. The first-order valence-electron chi connectivity index (χ1n) is 7.89. The monoisotopic (exact) mass is 299 g/mol. The second-order valence-electron chi connectivity index (χ2n) is 5.79. The van der Waals surface area contributed by atoms with E-state index in [4.69, 9.17) is 11.6 Å². The Morgan fingerprint density at radius 1 is 1.00 bits per heavy atom. The fraction of sp³-hybridized carbons (Fsp3) is 0.368. The van der Waals surface area contributed by atoms with Crippen molar-refractivity contribution in [3.05, 3.63) is 58.1 Å². The predicted octanol–water partition coefficient (Wildman–Crippen LogP) is 5.00. The summed E-state index contributed by atoms with van der Waals surface area (Å²) in [4.78, 5) is 0. The van der Waals surface area contributed by atoms with Crippen LogP contribution in [-0.4, -0.2) is 6.54 Å². The number of hydrogen-bond donors (Lipinski definition) is 1. The van der Waals surface area contributed by atoms with Crippen LogP contribution in [0.3, 0.4) is 0 Å². The number of fused-ring (bicyclic) bond motifs is 1. The van der Waals surface area contributed by atoms with Gasteiger partial charge in [0.2, 0.25) is 0 Å². The first kappa shape index (κ1) is 14.6. The minimum atomic E-state index is 0.848. The van der Waals surface area contributed by atoms with E-state index < -0.39 is 0 Å². The lowest BCUT2D eigenvalue weighted by atomic mass is 9.89. The molecule has 0 aliphatic heterocycles. The van der Waals surface area contributed by atoms with E-state index in [1.54, 1.807) is 0 Å². The molecule has 0 fully saturated rings. The minimum Gasteiger partial charge on any atom is -0.313 e. The van der Waals surface area contributed by atoms with E-state index in [-0.39, 0.29) is 0 Å². The van der Waals surface area contributed by atoms with Crippen molar-refractivity contribution in [2.45, 2.75) is 39.2 Å². The first-order valence-corrected chi connectivity index (χ1v) is 8.27. The van der Waals surface area contributed by atoms with Gasteiger partial charge in [-0.3, -0.25) is 0 Å². The molecular formula is C19H22ClN. The van der Waals surface area contributed by atoms with Crippen LogP contribution >= 0.6 is 11.6 Å². The van der Waals surface area contributed by atoms with Crippen molar-refractivity contribution in [3.8, 4) is 11.1 Å². The van der Waals surface area contributed by atoms with Gasteiger partial charge in [0.15, 0.2) is 0 Å². The number of aryl methyl sites for hydroxylation is 2. The summed E-state index contributed by atoms with van der Waals surface area (Å²) in [7, 11) is 0. The van der Waals surface area contributed by atoms with Gasteiger partial charge in [-0.15, -0.1) is 0 Å². The average molecular weight is 300 g/mol. The molecule has 2 aromatic rings. The maximum absolute atomic E-state index is 6.50. The molecule has 0 heterocycles. The Bertz CT molecular complexity index is 633. The predicted molar refractivity (Wildman–Crippen MR) is 90.9 cm³/mol. The summed E-state index contributed by atoms with van der Waals surface area (Å²) < 4.78 is 0. The third-order valence-electron chi connectivity index (χ3n) is 4.27. The normalized spacial score (nSPS) is 14.0. The van der Waals surface area contributed by atoms with Gasteiger partial charge in [0.25, 0.3) is 0 Å². The van der Waals surface area contributed by atoms with Gasteiger partial charge in [0.1, 0.15) is 0 Å². The van der Waals surface area contributed by atoms with Crippen LogP contribution in [0.25, 0.3) is 11.1 Å². The zero-order chi connectivity index (χ0) is 14.7. The van der Waals surface area contributed by atoms with E-state index in [2.05, 4.69) is 48.6 Å². The largest absolute Gasteiger partial charge is 0.313 e. The van der Waals surface area contributed by atoms with Crippen LogP contribution in [0.15, 0.2) is 36.4 Å². The third-order valence-corrected chi connectivity index (χ3v) is 4.58. The summed E-state index contributed by atoms with van der Waals surface area (Å²) in [5.41, 5.74) is 6.65. The topological polar surface area (TPSA) is 12.0 Å². The summed E-state index contributed by atoms with van der Waals surface area (Å²) in [6, 6.07) is 13.2. The Morgan fingerprint density at radius 2 is 1.81 bits per heavy atom. The Balaban J connectivity index is 1.89. The Kier molecular flexibility index (Phi) is 4.62. The van der Waals surface area contributed by atoms with Gasteiger partial charge in [-0.2, -0.15) is 0 Å². The van der Waals surface area contributed by atoms with Crippen LogP contribution in [0.5, 0.6) is 0 Å². The number of benzene rings is 2. The van der Waals surface area contributed by atoms with E-state index in [9.17, 15) is 0 Å². The van der Waals surface area contributed by atoms with E-state index in [1.807, 2.05) is 0 Å². The number of rotatable bonds is 4. The lowest BCUT2D eigenvalue weighted by molar-refractivity contribution is 0.686. The van der Waals surface area contributed by atoms with Gasteiger partial charge in [-0.1, -0.05) is 48.9 Å². The van der Waals surface area contributed by atoms with Gasteiger partial charge >= 0.3 is 0 Å². The summed E-state index contributed by atoms with van der Waals surface area (Å²) >= 11 is 6.50. The molecule has 1 aliphatic carbocycles. The van der Waals surface area contributed by atoms with Crippen molar-refractivity contribution in [2.24, 2.45) is 0 Å². The molecule has 110 valence electrons. The Hall–Kier alpha value is -1.31. The fourth-order valence-electron chi connectivity index (χ4n) is 3.07. The second kappa shape index (κ2) is 6.64. The van der Waals surface area contributed by atoms with Gasteiger partial charge in [-0.25, -0.2) is 0 Å². The molecule has 2 aromatic carbocycles. The average Bonchev–Trinajstić information content (AvgIpc) is 2.52. The van der Waals surface area contributed by atoms with Gasteiger partial charge in [0, 0.05) is 17.1 Å². The molecule has 1 nitrogen and oxygen atoms in total. The summed E-state index contributed by atoms with van der Waals surface area (Å²) in [5, 5.41) is 4.18. The molecule has 1 N–H and O–H groups in total. The number of hydrogen-bond acceptors (Lipinski definition) is 1. The van der Waals surface area contributed by atoms with E-state index in [0.29, 0.717) is 0 Å². The SMILES string of the molecule is CCNCc1ccc(-c2ccc3c(c2)CCCC3)c(Cl)c1. The second-order valence-corrected chi connectivity index (χ2v) is 6.19. The summed E-state index contributed by atoms with van der Waals surface area (Å²) in [6.07, 6.45) is 5.07. The van der Waals surface area contributed by atoms with Crippen molar-refractivity contribution in [1.29, 1.82) is 0 Å². The van der Waals surface area contributed by atoms with Crippen molar-refractivity contribution in [2.75, 3.05) is 6.54 Å². The van der Waals surface area contributed by atoms with Gasteiger partial charge in [-0.05, 0) is 60.5 Å². The molecule has 0 saturated carbocycles. The van der Waals surface area contributed by atoms with Crippen LogP contribution in [0.4, 0.5) is 0 Å². The number of nitrogens with one attached hydrogen (secondary N) is 1. The molecule has 1 aliphatic rings. The van der Waals surface area contributed by atoms with E-state index in [0.717, 1.165) is 23.7 Å². The molecule has 0 amide bonds. The molecule has 21 heavy (non-hydrogen) atoms. The van der Waals surface area contributed by atoms with Crippen molar-refractivity contribution in [1.82, 2.24) is 5.32 Å². The van der Waals surface area contributed by atoms with Crippen molar-refractivity contribution in [3.63, 3.8) is 0 Å². The van der Waals surface area contributed by atoms with Crippen LogP contribution in [0, 0.1) is 0 Å². The summed E-state index contributed by atoms with van der Waals surface area (Å²) in [5.74, 6) is 0. The van der Waals surface area contributed by atoms with Gasteiger partial charge in [0.05, 0.1) is 0 Å². The lowest BCUT2D eigenvalue weighted by Crippen LogP contribution is -2.11. The van der Waals surface area contributed by atoms with Crippen LogP contribution < -0.4 is 5.32 Å². The molecule has 0 saturated heterocycles. The molecule has 2 heteroatoms. The van der Waals surface area contributed by atoms with Crippen molar-refractivity contribution < 1.29 is 0 Å². The molecule has 0 radical (unpaired) electrons. The highest BCUT2D eigenvalue weighted by Crippen LogP contribution is 2.32. The molecule has 0 spiro atoms.